The largest absolute Gasteiger partial charge is 0.356 e. The molecule has 5 heteroatoms. The van der Waals surface area contributed by atoms with Crippen LogP contribution in [-0.4, -0.2) is 26.1 Å². The highest BCUT2D eigenvalue weighted by molar-refractivity contribution is 7.92. The van der Waals surface area contributed by atoms with E-state index in [0.29, 0.717) is 17.9 Å². The first-order valence-corrected chi connectivity index (χ1v) is 8.13. The number of nitrogens with one attached hydrogen (secondary N) is 1. The minimum Gasteiger partial charge on any atom is -0.356 e. The second-order valence-electron chi connectivity index (χ2n) is 4.84. The van der Waals surface area contributed by atoms with Crippen LogP contribution in [0.1, 0.15) is 32.8 Å². The van der Waals surface area contributed by atoms with Gasteiger partial charge in [-0.15, -0.1) is 0 Å². The summed E-state index contributed by atoms with van der Waals surface area (Å²) in [4.78, 5) is 11.0. The third-order valence-electron chi connectivity index (χ3n) is 2.80. The Morgan fingerprint density at radius 2 is 2.05 bits per heavy atom. The number of carbonyl (C=O) groups excluding carboxylic acids is 1. The molecule has 0 aromatic heterocycles. The van der Waals surface area contributed by atoms with Crippen LogP contribution in [0.2, 0.25) is 0 Å². The number of benzene rings is 1. The summed E-state index contributed by atoms with van der Waals surface area (Å²) in [7, 11) is -3.24. The predicted molar refractivity (Wildman–Crippen MR) is 81.1 cm³/mol. The molecule has 0 aliphatic rings. The molecule has 1 aromatic carbocycles. The normalized spacial score (nSPS) is 12.0. The average molecular weight is 295 g/mol. The molecule has 1 aromatic rings. The maximum absolute atomic E-state index is 12.1. The average Bonchev–Trinajstić information content (AvgIpc) is 2.38. The molecule has 20 heavy (non-hydrogen) atoms. The number of carbonyl (C=O) groups is 1. The number of sulfone groups is 1. The van der Waals surface area contributed by atoms with E-state index < -0.39 is 15.1 Å². The molecule has 0 saturated heterocycles. The quantitative estimate of drug-likeness (QED) is 0.820. The molecule has 0 unspecified atom stereocenters. The molecule has 1 rings (SSSR count). The van der Waals surface area contributed by atoms with E-state index in [9.17, 15) is 13.2 Å². The molecule has 0 heterocycles. The molecular weight excluding hydrogens is 274 g/mol. The minimum absolute atomic E-state index is 0.0524. The van der Waals surface area contributed by atoms with Crippen molar-refractivity contribution in [1.29, 1.82) is 0 Å². The van der Waals surface area contributed by atoms with Gasteiger partial charge in [-0.2, -0.15) is 0 Å². The van der Waals surface area contributed by atoms with Crippen molar-refractivity contribution >= 4 is 21.8 Å². The zero-order valence-electron chi connectivity index (χ0n) is 12.1. The van der Waals surface area contributed by atoms with Gasteiger partial charge in [-0.3, -0.25) is 4.79 Å². The summed E-state index contributed by atoms with van der Waals surface area (Å²) in [6.07, 6.45) is 4.49. The van der Waals surface area contributed by atoms with Crippen LogP contribution in [0.5, 0.6) is 0 Å². The lowest BCUT2D eigenvalue weighted by molar-refractivity contribution is -0.118. The number of hydrogen-bond donors (Lipinski definition) is 1. The van der Waals surface area contributed by atoms with E-state index in [0.717, 1.165) is 5.56 Å². The van der Waals surface area contributed by atoms with Gasteiger partial charge in [0.25, 0.3) is 0 Å². The Hall–Kier alpha value is -1.62. The number of rotatable bonds is 6. The van der Waals surface area contributed by atoms with Gasteiger partial charge in [0, 0.05) is 13.5 Å². The smallest absolute Gasteiger partial charge is 0.216 e. The molecule has 0 atom stereocenters. The highest BCUT2D eigenvalue weighted by Gasteiger charge is 2.18. The summed E-state index contributed by atoms with van der Waals surface area (Å²) < 4.78 is 24.1. The third-order valence-corrected chi connectivity index (χ3v) is 4.95. The SMILES string of the molecule is CC(=O)NCCC=Cc1cccc(S(=O)(=O)C(C)C)c1. The van der Waals surface area contributed by atoms with Crippen molar-refractivity contribution in [3.05, 3.63) is 35.9 Å². The van der Waals surface area contributed by atoms with Crippen LogP contribution in [0.25, 0.3) is 6.08 Å². The topological polar surface area (TPSA) is 63.2 Å². The lowest BCUT2D eigenvalue weighted by Crippen LogP contribution is -2.20. The summed E-state index contributed by atoms with van der Waals surface area (Å²) in [5.41, 5.74) is 0.842. The van der Waals surface area contributed by atoms with Crippen LogP contribution in [0.3, 0.4) is 0 Å². The Kier molecular flexibility index (Phi) is 5.95. The van der Waals surface area contributed by atoms with E-state index >= 15 is 0 Å². The van der Waals surface area contributed by atoms with Gasteiger partial charge in [0.1, 0.15) is 0 Å². The van der Waals surface area contributed by atoms with Crippen LogP contribution in [0.4, 0.5) is 0 Å². The first-order valence-electron chi connectivity index (χ1n) is 6.59. The highest BCUT2D eigenvalue weighted by Crippen LogP contribution is 2.17. The molecule has 1 amide bonds. The van der Waals surface area contributed by atoms with Crippen molar-refractivity contribution < 1.29 is 13.2 Å². The molecule has 0 spiro atoms. The van der Waals surface area contributed by atoms with E-state index in [-0.39, 0.29) is 5.91 Å². The second-order valence-corrected chi connectivity index (χ2v) is 7.34. The summed E-state index contributed by atoms with van der Waals surface area (Å²) in [5.74, 6) is -0.0524. The Morgan fingerprint density at radius 1 is 1.35 bits per heavy atom. The Labute approximate surface area is 120 Å². The van der Waals surface area contributed by atoms with Crippen molar-refractivity contribution in [2.24, 2.45) is 0 Å². The van der Waals surface area contributed by atoms with Gasteiger partial charge in [0.05, 0.1) is 10.1 Å². The zero-order chi connectivity index (χ0) is 15.2. The van der Waals surface area contributed by atoms with Gasteiger partial charge in [0.15, 0.2) is 9.84 Å². The molecule has 0 bridgehead atoms. The van der Waals surface area contributed by atoms with Crippen LogP contribution < -0.4 is 5.32 Å². The molecule has 4 nitrogen and oxygen atoms in total. The van der Waals surface area contributed by atoms with E-state index in [1.54, 1.807) is 32.0 Å². The molecule has 0 aliphatic carbocycles. The fourth-order valence-electron chi connectivity index (χ4n) is 1.62. The van der Waals surface area contributed by atoms with Crippen molar-refractivity contribution in [1.82, 2.24) is 5.32 Å². The first-order chi connectivity index (χ1) is 9.34. The summed E-state index contributed by atoms with van der Waals surface area (Å²) in [6, 6.07) is 6.88. The van der Waals surface area contributed by atoms with Gasteiger partial charge in [-0.05, 0) is 38.0 Å². The van der Waals surface area contributed by atoms with E-state index in [1.165, 1.54) is 6.92 Å². The summed E-state index contributed by atoms with van der Waals surface area (Å²) in [6.45, 7) is 5.40. The molecule has 110 valence electrons. The van der Waals surface area contributed by atoms with Crippen LogP contribution in [-0.2, 0) is 14.6 Å². The maximum atomic E-state index is 12.1. The van der Waals surface area contributed by atoms with Gasteiger partial charge in [-0.1, -0.05) is 24.3 Å². The molecule has 0 radical (unpaired) electrons. The van der Waals surface area contributed by atoms with Gasteiger partial charge < -0.3 is 5.32 Å². The lowest BCUT2D eigenvalue weighted by Gasteiger charge is -2.08. The standard InChI is InChI=1S/C15H21NO3S/c1-12(2)20(18,19)15-9-6-8-14(11-15)7-4-5-10-16-13(3)17/h4,6-9,11-12H,5,10H2,1-3H3,(H,16,17). The fraction of sp³-hybridized carbons (Fsp3) is 0.400. The van der Waals surface area contributed by atoms with Crippen LogP contribution >= 0.6 is 0 Å². The third kappa shape index (κ3) is 4.81. The minimum atomic E-state index is -3.24. The molecular formula is C15H21NO3S. The molecule has 1 N–H and O–H groups in total. The monoisotopic (exact) mass is 295 g/mol. The van der Waals surface area contributed by atoms with E-state index in [1.807, 2.05) is 18.2 Å². The second kappa shape index (κ2) is 7.24. The van der Waals surface area contributed by atoms with Crippen molar-refractivity contribution in [3.63, 3.8) is 0 Å². The molecule has 0 saturated carbocycles. The number of hydrogen-bond acceptors (Lipinski definition) is 3. The Balaban J connectivity index is 2.74. The van der Waals surface area contributed by atoms with E-state index in [4.69, 9.17) is 0 Å². The summed E-state index contributed by atoms with van der Waals surface area (Å²) in [5, 5.41) is 2.27. The molecule has 0 aliphatic heterocycles. The Bertz CT molecular complexity index is 589. The predicted octanol–water partition coefficient (Wildman–Crippen LogP) is 2.41. The maximum Gasteiger partial charge on any atom is 0.216 e. The van der Waals surface area contributed by atoms with Crippen LogP contribution in [0.15, 0.2) is 35.2 Å². The van der Waals surface area contributed by atoms with Gasteiger partial charge >= 0.3 is 0 Å². The zero-order valence-corrected chi connectivity index (χ0v) is 12.9. The lowest BCUT2D eigenvalue weighted by atomic mass is 10.2. The van der Waals surface area contributed by atoms with Crippen molar-refractivity contribution in [2.45, 2.75) is 37.3 Å². The van der Waals surface area contributed by atoms with E-state index in [2.05, 4.69) is 5.32 Å². The van der Waals surface area contributed by atoms with Crippen LogP contribution in [0, 0.1) is 0 Å². The Morgan fingerprint density at radius 3 is 2.65 bits per heavy atom. The fourth-order valence-corrected chi connectivity index (χ4v) is 2.73. The highest BCUT2D eigenvalue weighted by atomic mass is 32.2. The summed E-state index contributed by atoms with van der Waals surface area (Å²) >= 11 is 0. The van der Waals surface area contributed by atoms with Gasteiger partial charge in [0.2, 0.25) is 5.91 Å². The molecule has 0 fully saturated rings. The van der Waals surface area contributed by atoms with Crippen molar-refractivity contribution in [2.75, 3.05) is 6.54 Å². The first kappa shape index (κ1) is 16.4. The number of amides is 1. The van der Waals surface area contributed by atoms with Gasteiger partial charge in [-0.25, -0.2) is 8.42 Å². The van der Waals surface area contributed by atoms with Crippen molar-refractivity contribution in [3.8, 4) is 0 Å².